The van der Waals surface area contributed by atoms with E-state index in [0.29, 0.717) is 18.5 Å². The molecule has 2 unspecified atom stereocenters. The molecule has 2 nitrogen and oxygen atoms in total. The predicted octanol–water partition coefficient (Wildman–Crippen LogP) is 3.34. The Labute approximate surface area is 118 Å². The number of alkyl halides is 3. The molecular formula is C13H25F3N2S. The number of hydrogen-bond acceptors (Lipinski definition) is 3. The maximum Gasteiger partial charge on any atom is 0.441 e. The van der Waals surface area contributed by atoms with E-state index in [-0.39, 0.29) is 23.1 Å². The highest BCUT2D eigenvalue weighted by atomic mass is 32.2. The van der Waals surface area contributed by atoms with Gasteiger partial charge in [-0.25, -0.2) is 0 Å². The first-order valence-electron chi connectivity index (χ1n) is 6.84. The van der Waals surface area contributed by atoms with Crippen molar-refractivity contribution in [3.05, 3.63) is 0 Å². The number of hydrogen-bond donors (Lipinski definition) is 1. The highest BCUT2D eigenvalue weighted by molar-refractivity contribution is 8.00. The van der Waals surface area contributed by atoms with Gasteiger partial charge in [0.2, 0.25) is 0 Å². The van der Waals surface area contributed by atoms with Crippen LogP contribution in [-0.2, 0) is 0 Å². The van der Waals surface area contributed by atoms with Crippen LogP contribution in [0.15, 0.2) is 0 Å². The van der Waals surface area contributed by atoms with Gasteiger partial charge >= 0.3 is 5.51 Å². The Balaban J connectivity index is 2.56. The zero-order valence-corrected chi connectivity index (χ0v) is 13.0. The second-order valence-corrected chi connectivity index (χ2v) is 7.14. The summed E-state index contributed by atoms with van der Waals surface area (Å²) in [6.45, 7) is 10.7. The smallest absolute Gasteiger partial charge is 0.309 e. The lowest BCUT2D eigenvalue weighted by atomic mass is 9.91. The zero-order valence-electron chi connectivity index (χ0n) is 12.2. The number of piperazine rings is 1. The number of halogens is 3. The monoisotopic (exact) mass is 298 g/mol. The van der Waals surface area contributed by atoms with Crippen molar-refractivity contribution in [1.82, 2.24) is 10.2 Å². The summed E-state index contributed by atoms with van der Waals surface area (Å²) in [5.74, 6) is 0.617. The van der Waals surface area contributed by atoms with E-state index in [2.05, 4.69) is 37.9 Å². The normalized spacial score (nSPS) is 26.4. The summed E-state index contributed by atoms with van der Waals surface area (Å²) in [6.07, 6.45) is 1.05. The summed E-state index contributed by atoms with van der Waals surface area (Å²) >= 11 is 0.0866. The largest absolute Gasteiger partial charge is 0.441 e. The van der Waals surface area contributed by atoms with Gasteiger partial charge in [0.25, 0.3) is 0 Å². The van der Waals surface area contributed by atoms with Crippen molar-refractivity contribution in [3.8, 4) is 0 Å². The van der Waals surface area contributed by atoms with E-state index in [0.717, 1.165) is 19.5 Å². The van der Waals surface area contributed by atoms with E-state index in [9.17, 15) is 13.2 Å². The van der Waals surface area contributed by atoms with Crippen molar-refractivity contribution < 1.29 is 13.2 Å². The van der Waals surface area contributed by atoms with Crippen LogP contribution in [0.4, 0.5) is 13.2 Å². The van der Waals surface area contributed by atoms with Crippen LogP contribution in [-0.4, -0.2) is 47.4 Å². The molecule has 0 radical (unpaired) electrons. The molecule has 0 aliphatic carbocycles. The van der Waals surface area contributed by atoms with Gasteiger partial charge in [-0.05, 0) is 31.5 Å². The van der Waals surface area contributed by atoms with Crippen LogP contribution < -0.4 is 5.32 Å². The Morgan fingerprint density at radius 1 is 1.42 bits per heavy atom. The van der Waals surface area contributed by atoms with Crippen molar-refractivity contribution in [2.45, 2.75) is 51.2 Å². The topological polar surface area (TPSA) is 15.3 Å². The molecule has 2 atom stereocenters. The Kier molecular flexibility index (Phi) is 6.01. The first-order chi connectivity index (χ1) is 8.64. The second kappa shape index (κ2) is 6.68. The summed E-state index contributed by atoms with van der Waals surface area (Å²) in [5.41, 5.74) is -4.14. The second-order valence-electron chi connectivity index (χ2n) is 5.98. The molecule has 0 saturated carbocycles. The third kappa shape index (κ3) is 5.92. The molecule has 1 rings (SSSR count). The highest BCUT2D eigenvalue weighted by Gasteiger charge is 2.35. The van der Waals surface area contributed by atoms with Gasteiger partial charge in [-0.1, -0.05) is 20.3 Å². The third-order valence-electron chi connectivity index (χ3n) is 3.80. The maximum atomic E-state index is 12.2. The zero-order chi connectivity index (χ0) is 14.7. The first-order valence-corrected chi connectivity index (χ1v) is 7.83. The van der Waals surface area contributed by atoms with Gasteiger partial charge in [0.05, 0.1) is 0 Å². The van der Waals surface area contributed by atoms with Crippen LogP contribution in [0.25, 0.3) is 0 Å². The maximum absolute atomic E-state index is 12.2. The van der Waals surface area contributed by atoms with Gasteiger partial charge in [-0.15, -0.1) is 0 Å². The Bertz CT molecular complexity index is 282. The first kappa shape index (κ1) is 17.1. The van der Waals surface area contributed by atoms with E-state index >= 15 is 0 Å². The van der Waals surface area contributed by atoms with Crippen LogP contribution in [0.1, 0.15) is 34.1 Å². The number of nitrogens with one attached hydrogen (secondary N) is 1. The van der Waals surface area contributed by atoms with Gasteiger partial charge < -0.3 is 5.32 Å². The summed E-state index contributed by atoms with van der Waals surface area (Å²) < 4.78 is 36.6. The van der Waals surface area contributed by atoms with E-state index in [1.54, 1.807) is 0 Å². The van der Waals surface area contributed by atoms with Crippen molar-refractivity contribution >= 4 is 11.8 Å². The lowest BCUT2D eigenvalue weighted by molar-refractivity contribution is -0.0330. The molecule has 1 N–H and O–H groups in total. The Morgan fingerprint density at radius 2 is 2.05 bits per heavy atom. The van der Waals surface area contributed by atoms with Crippen molar-refractivity contribution in [2.24, 2.45) is 5.92 Å². The molecule has 1 saturated heterocycles. The molecule has 0 bridgehead atoms. The number of nitrogens with zero attached hydrogens (tertiary/aromatic N) is 1. The third-order valence-corrected chi connectivity index (χ3v) is 4.52. The number of rotatable bonds is 5. The van der Waals surface area contributed by atoms with Crippen LogP contribution in [0.5, 0.6) is 0 Å². The predicted molar refractivity (Wildman–Crippen MR) is 75.4 cm³/mol. The fourth-order valence-corrected chi connectivity index (χ4v) is 3.10. The van der Waals surface area contributed by atoms with Gasteiger partial charge in [-0.2, -0.15) is 13.2 Å². The minimum absolute atomic E-state index is 0.0210. The minimum Gasteiger partial charge on any atom is -0.309 e. The SMILES string of the molecule is CCC(C)C1CNC(C)(C)CN1CCSC(F)(F)F. The van der Waals surface area contributed by atoms with Crippen LogP contribution in [0, 0.1) is 5.92 Å². The average molecular weight is 298 g/mol. The highest BCUT2D eigenvalue weighted by Crippen LogP contribution is 2.31. The summed E-state index contributed by atoms with van der Waals surface area (Å²) in [6, 6.07) is 0.340. The molecule has 0 aromatic carbocycles. The molecule has 1 aliphatic rings. The van der Waals surface area contributed by atoms with Crippen molar-refractivity contribution in [2.75, 3.05) is 25.4 Å². The van der Waals surface area contributed by atoms with Crippen LogP contribution in [0.3, 0.4) is 0 Å². The lowest BCUT2D eigenvalue weighted by Gasteiger charge is -2.46. The van der Waals surface area contributed by atoms with Gasteiger partial charge in [-0.3, -0.25) is 4.90 Å². The standard InChI is InChI=1S/C13H25F3N2S/c1-5-10(2)11-8-17-12(3,4)9-18(11)6-7-19-13(14,15)16/h10-11,17H,5-9H2,1-4H3. The van der Waals surface area contributed by atoms with Gasteiger partial charge in [0.1, 0.15) is 0 Å². The van der Waals surface area contributed by atoms with Crippen molar-refractivity contribution in [1.29, 1.82) is 0 Å². The molecule has 6 heteroatoms. The molecule has 19 heavy (non-hydrogen) atoms. The quantitative estimate of drug-likeness (QED) is 0.838. The van der Waals surface area contributed by atoms with Gasteiger partial charge in [0, 0.05) is 37.0 Å². The molecule has 0 aromatic heterocycles. The molecule has 0 aromatic rings. The van der Waals surface area contributed by atoms with Crippen LogP contribution >= 0.6 is 11.8 Å². The number of thioether (sulfide) groups is 1. The Morgan fingerprint density at radius 3 is 2.58 bits per heavy atom. The fraction of sp³-hybridized carbons (Fsp3) is 1.00. The van der Waals surface area contributed by atoms with Crippen LogP contribution in [0.2, 0.25) is 0 Å². The van der Waals surface area contributed by atoms with Crippen molar-refractivity contribution in [3.63, 3.8) is 0 Å². The molecule has 1 aliphatic heterocycles. The molecular weight excluding hydrogens is 273 g/mol. The minimum atomic E-state index is -4.12. The molecule has 114 valence electrons. The molecule has 1 heterocycles. The summed E-state index contributed by atoms with van der Waals surface area (Å²) in [7, 11) is 0. The molecule has 0 amide bonds. The lowest BCUT2D eigenvalue weighted by Crippen LogP contribution is -2.63. The average Bonchev–Trinajstić information content (AvgIpc) is 2.25. The molecule has 0 spiro atoms. The van der Waals surface area contributed by atoms with E-state index in [1.807, 2.05) is 0 Å². The Hall–Kier alpha value is 0.0600. The fourth-order valence-electron chi connectivity index (χ4n) is 2.55. The summed E-state index contributed by atoms with van der Waals surface area (Å²) in [5, 5.41) is 3.49. The molecule has 1 fully saturated rings. The van der Waals surface area contributed by atoms with E-state index < -0.39 is 5.51 Å². The van der Waals surface area contributed by atoms with Gasteiger partial charge in [0.15, 0.2) is 0 Å². The summed E-state index contributed by atoms with van der Waals surface area (Å²) in [4.78, 5) is 2.23. The van der Waals surface area contributed by atoms with E-state index in [1.165, 1.54) is 0 Å². The van der Waals surface area contributed by atoms with E-state index in [4.69, 9.17) is 0 Å².